The highest BCUT2D eigenvalue weighted by molar-refractivity contribution is 7.11. The van der Waals surface area contributed by atoms with Crippen LogP contribution in [0.15, 0.2) is 56.8 Å². The molecule has 0 saturated heterocycles. The maximum atomic E-state index is 13.6. The average molecular weight is 481 g/mol. The van der Waals surface area contributed by atoms with Gasteiger partial charge in [-0.3, -0.25) is 9.36 Å². The van der Waals surface area contributed by atoms with Crippen molar-refractivity contribution in [3.8, 4) is 0 Å². The molecule has 0 spiro atoms. The van der Waals surface area contributed by atoms with Crippen molar-refractivity contribution in [2.24, 2.45) is 4.99 Å². The van der Waals surface area contributed by atoms with Crippen molar-refractivity contribution in [2.45, 2.75) is 53.0 Å². The lowest BCUT2D eigenvalue weighted by Gasteiger charge is -2.26. The molecule has 0 N–H and O–H groups in total. The number of rotatable bonds is 4. The Hall–Kier alpha value is -2.77. The Balaban J connectivity index is 1.94. The van der Waals surface area contributed by atoms with Gasteiger partial charge in [0.15, 0.2) is 4.80 Å². The summed E-state index contributed by atoms with van der Waals surface area (Å²) in [5, 5.41) is 2.01. The SMILES string of the molecule is CCOC(=O)C1=C(C)N=c2sc(=Cc3sccc3C)c(=O)n2C1c1ccc(C(C)(C)C)cc1. The summed E-state index contributed by atoms with van der Waals surface area (Å²) in [5.74, 6) is -0.438. The summed E-state index contributed by atoms with van der Waals surface area (Å²) in [6.07, 6.45) is 1.92. The van der Waals surface area contributed by atoms with Gasteiger partial charge in [0, 0.05) is 4.88 Å². The number of esters is 1. The number of aryl methyl sites for hydroxylation is 1. The fourth-order valence-corrected chi connectivity index (χ4v) is 5.89. The molecule has 4 rings (SSSR count). The van der Waals surface area contributed by atoms with Crippen molar-refractivity contribution in [3.05, 3.63) is 88.2 Å². The number of thiazole rings is 1. The van der Waals surface area contributed by atoms with Crippen molar-refractivity contribution < 1.29 is 9.53 Å². The minimum absolute atomic E-state index is 0.00122. The van der Waals surface area contributed by atoms with Crippen molar-refractivity contribution in [3.63, 3.8) is 0 Å². The molecule has 0 fully saturated rings. The van der Waals surface area contributed by atoms with Crippen LogP contribution in [-0.4, -0.2) is 17.1 Å². The first kappa shape index (κ1) is 23.4. The predicted molar refractivity (Wildman–Crippen MR) is 135 cm³/mol. The van der Waals surface area contributed by atoms with E-state index in [2.05, 4.69) is 37.9 Å². The van der Waals surface area contributed by atoms with Crippen molar-refractivity contribution in [1.82, 2.24) is 4.57 Å². The van der Waals surface area contributed by atoms with Gasteiger partial charge in [0.25, 0.3) is 5.56 Å². The summed E-state index contributed by atoms with van der Waals surface area (Å²) in [7, 11) is 0. The molecule has 1 unspecified atom stereocenters. The summed E-state index contributed by atoms with van der Waals surface area (Å²) in [6, 6.07) is 9.60. The van der Waals surface area contributed by atoms with Crippen molar-refractivity contribution in [1.29, 1.82) is 0 Å². The molecule has 33 heavy (non-hydrogen) atoms. The van der Waals surface area contributed by atoms with Crippen LogP contribution in [0.25, 0.3) is 6.08 Å². The topological polar surface area (TPSA) is 60.7 Å². The summed E-state index contributed by atoms with van der Waals surface area (Å²) in [6.45, 7) is 12.3. The molecule has 1 atom stereocenters. The Morgan fingerprint density at radius 2 is 1.88 bits per heavy atom. The van der Waals surface area contributed by atoms with E-state index in [9.17, 15) is 9.59 Å². The van der Waals surface area contributed by atoms with Gasteiger partial charge >= 0.3 is 5.97 Å². The van der Waals surface area contributed by atoms with Crippen molar-refractivity contribution in [2.75, 3.05) is 6.61 Å². The predicted octanol–water partition coefficient (Wildman–Crippen LogP) is 4.47. The molecule has 5 nitrogen and oxygen atoms in total. The Kier molecular flexibility index (Phi) is 6.29. The van der Waals surface area contributed by atoms with E-state index >= 15 is 0 Å². The van der Waals surface area contributed by atoms with Crippen LogP contribution < -0.4 is 14.9 Å². The van der Waals surface area contributed by atoms with Gasteiger partial charge in [0.1, 0.15) is 0 Å². The Morgan fingerprint density at radius 1 is 1.18 bits per heavy atom. The van der Waals surface area contributed by atoms with Crippen LogP contribution in [0.5, 0.6) is 0 Å². The third-order valence-electron chi connectivity index (χ3n) is 5.77. The first-order chi connectivity index (χ1) is 15.6. The number of nitrogens with zero attached hydrogens (tertiary/aromatic N) is 2. The molecule has 1 aliphatic heterocycles. The number of thiophene rings is 1. The Morgan fingerprint density at radius 3 is 2.45 bits per heavy atom. The molecule has 172 valence electrons. The van der Waals surface area contributed by atoms with Gasteiger partial charge in [0.05, 0.1) is 28.5 Å². The number of fused-ring (bicyclic) bond motifs is 1. The third-order valence-corrected chi connectivity index (χ3v) is 7.72. The molecule has 2 aromatic heterocycles. The second kappa shape index (κ2) is 8.88. The quantitative estimate of drug-likeness (QED) is 0.518. The van der Waals surface area contributed by atoms with Crippen LogP contribution in [-0.2, 0) is 14.9 Å². The van der Waals surface area contributed by atoms with Crippen molar-refractivity contribution >= 4 is 34.7 Å². The zero-order valence-electron chi connectivity index (χ0n) is 19.8. The number of carbonyl (C=O) groups excluding carboxylic acids is 1. The monoisotopic (exact) mass is 480 g/mol. The van der Waals surface area contributed by atoms with E-state index in [4.69, 9.17) is 4.74 Å². The van der Waals surface area contributed by atoms with Gasteiger partial charge in [-0.05, 0) is 60.4 Å². The second-order valence-electron chi connectivity index (χ2n) is 9.14. The van der Waals surface area contributed by atoms with E-state index < -0.39 is 12.0 Å². The lowest BCUT2D eigenvalue weighted by atomic mass is 9.85. The smallest absolute Gasteiger partial charge is 0.338 e. The fraction of sp³-hybridized carbons (Fsp3) is 0.346. The van der Waals surface area contributed by atoms with E-state index in [-0.39, 0.29) is 17.6 Å². The molecule has 3 aromatic rings. The van der Waals surface area contributed by atoms with E-state index in [1.807, 2.05) is 43.5 Å². The molecule has 0 amide bonds. The average Bonchev–Trinajstić information content (AvgIpc) is 3.29. The molecule has 0 bridgehead atoms. The van der Waals surface area contributed by atoms with Gasteiger partial charge < -0.3 is 4.74 Å². The number of benzene rings is 1. The maximum Gasteiger partial charge on any atom is 0.338 e. The van der Waals surface area contributed by atoms with Crippen LogP contribution in [0.1, 0.15) is 62.2 Å². The van der Waals surface area contributed by atoms with E-state index in [0.717, 1.165) is 16.0 Å². The molecular weight excluding hydrogens is 452 g/mol. The largest absolute Gasteiger partial charge is 0.463 e. The van der Waals surface area contributed by atoms with Crippen LogP contribution in [0.3, 0.4) is 0 Å². The summed E-state index contributed by atoms with van der Waals surface area (Å²) in [4.78, 5) is 32.9. The van der Waals surface area contributed by atoms with Crippen LogP contribution >= 0.6 is 22.7 Å². The zero-order chi connectivity index (χ0) is 23.9. The summed E-state index contributed by atoms with van der Waals surface area (Å²) in [5.41, 5.74) is 4.02. The molecule has 0 saturated carbocycles. The second-order valence-corrected chi connectivity index (χ2v) is 11.1. The van der Waals surface area contributed by atoms with E-state index in [1.54, 1.807) is 22.8 Å². The highest BCUT2D eigenvalue weighted by Crippen LogP contribution is 2.32. The van der Waals surface area contributed by atoms with Gasteiger partial charge in [-0.1, -0.05) is 56.4 Å². The fourth-order valence-electron chi connectivity index (χ4n) is 3.92. The number of carbonyl (C=O) groups is 1. The molecule has 7 heteroatoms. The number of ether oxygens (including phenoxy) is 1. The lowest BCUT2D eigenvalue weighted by Crippen LogP contribution is -2.40. The van der Waals surface area contributed by atoms with Crippen LogP contribution in [0.2, 0.25) is 0 Å². The molecule has 1 aromatic carbocycles. The third kappa shape index (κ3) is 4.39. The minimum Gasteiger partial charge on any atom is -0.463 e. The molecule has 1 aliphatic rings. The van der Waals surface area contributed by atoms with Gasteiger partial charge in [-0.25, -0.2) is 9.79 Å². The van der Waals surface area contributed by atoms with Crippen LogP contribution in [0, 0.1) is 6.92 Å². The summed E-state index contributed by atoms with van der Waals surface area (Å²) < 4.78 is 7.62. The Labute approximate surface area is 201 Å². The maximum absolute atomic E-state index is 13.6. The van der Waals surface area contributed by atoms with E-state index in [0.29, 0.717) is 20.6 Å². The minimum atomic E-state index is -0.582. The first-order valence-corrected chi connectivity index (χ1v) is 12.7. The normalized spacial score (nSPS) is 16.5. The lowest BCUT2D eigenvalue weighted by molar-refractivity contribution is -0.139. The molecular formula is C26H28N2O3S2. The number of hydrogen-bond donors (Lipinski definition) is 0. The number of hydrogen-bond acceptors (Lipinski definition) is 6. The Bertz CT molecular complexity index is 1410. The standard InChI is InChI=1S/C26H28N2O3S2/c1-7-31-24(30)21-16(3)27-25-28(22(21)17-8-10-18(11-9-17)26(4,5)6)23(29)20(33-25)14-19-15(2)12-13-32-19/h8-14,22H,7H2,1-6H3. The zero-order valence-corrected chi connectivity index (χ0v) is 21.4. The highest BCUT2D eigenvalue weighted by Gasteiger charge is 2.33. The molecule has 3 heterocycles. The molecule has 0 radical (unpaired) electrons. The highest BCUT2D eigenvalue weighted by atomic mass is 32.1. The van der Waals surface area contributed by atoms with Gasteiger partial charge in [-0.2, -0.15) is 0 Å². The van der Waals surface area contributed by atoms with Gasteiger partial charge in [0.2, 0.25) is 0 Å². The number of aromatic nitrogens is 1. The summed E-state index contributed by atoms with van der Waals surface area (Å²) >= 11 is 2.95. The first-order valence-electron chi connectivity index (χ1n) is 11.0. The van der Waals surface area contributed by atoms with Crippen LogP contribution in [0.4, 0.5) is 0 Å². The number of allylic oxidation sites excluding steroid dienone is 1. The van der Waals surface area contributed by atoms with E-state index in [1.165, 1.54) is 16.9 Å². The molecule has 0 aliphatic carbocycles. The van der Waals surface area contributed by atoms with Gasteiger partial charge in [-0.15, -0.1) is 11.3 Å².